The molecule has 5 atom stereocenters. The van der Waals surface area contributed by atoms with Crippen LogP contribution in [-0.4, -0.2) is 36.2 Å². The van der Waals surface area contributed by atoms with Crippen molar-refractivity contribution in [2.45, 2.75) is 24.8 Å². The molecule has 0 radical (unpaired) electrons. The van der Waals surface area contributed by atoms with Crippen molar-refractivity contribution in [3.8, 4) is 0 Å². The van der Waals surface area contributed by atoms with Gasteiger partial charge in [0.05, 0.1) is 18.6 Å². The molecule has 0 aromatic rings. The van der Waals surface area contributed by atoms with Crippen LogP contribution in [0.25, 0.3) is 0 Å². The average molecular weight is 200 g/mol. The van der Waals surface area contributed by atoms with Gasteiger partial charge in [-0.25, -0.2) is 9.18 Å². The number of Topliss-reactive ketones (excluding diaryl/α,β-unsaturated/α-hetero) is 1. The highest BCUT2D eigenvalue weighted by Crippen LogP contribution is 2.68. The minimum absolute atomic E-state index is 0.132. The van der Waals surface area contributed by atoms with Crippen molar-refractivity contribution in [2.75, 3.05) is 6.61 Å². The molecule has 0 amide bonds. The molecule has 5 heteroatoms. The third-order valence-electron chi connectivity index (χ3n) is 3.24. The van der Waals surface area contributed by atoms with Gasteiger partial charge in [-0.15, -0.1) is 0 Å². The first-order valence-corrected chi connectivity index (χ1v) is 4.67. The van der Waals surface area contributed by atoms with Crippen molar-refractivity contribution in [1.29, 1.82) is 0 Å². The van der Waals surface area contributed by atoms with Crippen molar-refractivity contribution < 1.29 is 23.5 Å². The maximum atomic E-state index is 13.9. The lowest BCUT2D eigenvalue weighted by molar-refractivity contribution is -0.153. The van der Waals surface area contributed by atoms with Gasteiger partial charge in [0.15, 0.2) is 5.78 Å². The Morgan fingerprint density at radius 1 is 1.71 bits per heavy atom. The summed E-state index contributed by atoms with van der Waals surface area (Å²) < 4.78 is 23.5. The molecule has 3 fully saturated rings. The first kappa shape index (κ1) is 8.35. The highest BCUT2D eigenvalue weighted by molar-refractivity contribution is 6.04. The summed E-state index contributed by atoms with van der Waals surface area (Å²) in [4.78, 5) is 22.6. The molecule has 0 spiro atoms. The van der Waals surface area contributed by atoms with Crippen molar-refractivity contribution in [2.24, 2.45) is 11.8 Å². The molecule has 2 aliphatic carbocycles. The fourth-order valence-corrected chi connectivity index (χ4v) is 2.50. The summed E-state index contributed by atoms with van der Waals surface area (Å²) >= 11 is 0. The van der Waals surface area contributed by atoms with Gasteiger partial charge >= 0.3 is 5.97 Å². The van der Waals surface area contributed by atoms with E-state index in [2.05, 4.69) is 4.74 Å². The number of ketones is 1. The van der Waals surface area contributed by atoms with Crippen molar-refractivity contribution in [1.82, 2.24) is 0 Å². The fraction of sp³-hybridized carbons (Fsp3) is 0.778. The molecule has 1 saturated heterocycles. The standard InChI is InChI=1S/C9H9FO4/c1-2-13-8(12)9(10)3-4(9)6-7(14-6)5(3)11/h3-4,6-7H,2H2,1H3/t3-,4+,6-,7+,9+/m1/s1. The van der Waals surface area contributed by atoms with Gasteiger partial charge in [-0.3, -0.25) is 4.79 Å². The molecule has 2 saturated carbocycles. The Kier molecular flexibility index (Phi) is 1.29. The van der Waals surface area contributed by atoms with Crippen molar-refractivity contribution in [3.05, 3.63) is 0 Å². The third kappa shape index (κ3) is 0.692. The third-order valence-corrected chi connectivity index (χ3v) is 3.24. The molecule has 0 N–H and O–H groups in total. The summed E-state index contributed by atoms with van der Waals surface area (Å²) in [5, 5.41) is 0. The van der Waals surface area contributed by atoms with Gasteiger partial charge < -0.3 is 9.47 Å². The van der Waals surface area contributed by atoms with Crippen LogP contribution < -0.4 is 0 Å². The number of hydrogen-bond acceptors (Lipinski definition) is 4. The first-order chi connectivity index (χ1) is 6.62. The minimum Gasteiger partial charge on any atom is -0.464 e. The van der Waals surface area contributed by atoms with Crippen LogP contribution >= 0.6 is 0 Å². The number of rotatable bonds is 2. The van der Waals surface area contributed by atoms with Gasteiger partial charge in [0, 0.05) is 5.92 Å². The molecular formula is C9H9FO4. The molecule has 1 aliphatic heterocycles. The van der Waals surface area contributed by atoms with E-state index in [9.17, 15) is 14.0 Å². The van der Waals surface area contributed by atoms with E-state index in [1.807, 2.05) is 0 Å². The van der Waals surface area contributed by atoms with E-state index >= 15 is 0 Å². The second kappa shape index (κ2) is 2.16. The van der Waals surface area contributed by atoms with E-state index < -0.39 is 29.6 Å². The average Bonchev–Trinajstić information content (AvgIpc) is 2.97. The molecule has 0 unspecified atom stereocenters. The number of carbonyl (C=O) groups is 2. The summed E-state index contributed by atoms with van der Waals surface area (Å²) in [6.07, 6.45) is -0.787. The van der Waals surface area contributed by atoms with E-state index in [4.69, 9.17) is 4.74 Å². The van der Waals surface area contributed by atoms with E-state index in [0.29, 0.717) is 0 Å². The summed E-state index contributed by atoms with van der Waals surface area (Å²) in [5.41, 5.74) is -2.08. The van der Waals surface area contributed by atoms with Crippen LogP contribution in [0.5, 0.6) is 0 Å². The number of carbonyl (C=O) groups excluding carboxylic acids is 2. The number of alkyl halides is 1. The number of esters is 1. The van der Waals surface area contributed by atoms with Gasteiger partial charge in [-0.1, -0.05) is 0 Å². The lowest BCUT2D eigenvalue weighted by atomic mass is 10.1. The predicted molar refractivity (Wildman–Crippen MR) is 41.1 cm³/mol. The Bertz CT molecular complexity index is 342. The minimum atomic E-state index is -2.08. The smallest absolute Gasteiger partial charge is 0.345 e. The lowest BCUT2D eigenvalue weighted by Crippen LogP contribution is -2.30. The highest BCUT2D eigenvalue weighted by Gasteiger charge is 2.88. The molecular weight excluding hydrogens is 191 g/mol. The lowest BCUT2D eigenvalue weighted by Gasteiger charge is -2.07. The quantitative estimate of drug-likeness (QED) is 0.459. The molecule has 0 bridgehead atoms. The van der Waals surface area contributed by atoms with Crippen LogP contribution in [0.4, 0.5) is 4.39 Å². The number of epoxide rings is 1. The molecule has 4 nitrogen and oxygen atoms in total. The molecule has 0 aromatic carbocycles. The van der Waals surface area contributed by atoms with Gasteiger partial charge in [0.25, 0.3) is 0 Å². The van der Waals surface area contributed by atoms with E-state index in [0.717, 1.165) is 0 Å². The van der Waals surface area contributed by atoms with Crippen LogP contribution in [0.3, 0.4) is 0 Å². The fourth-order valence-electron chi connectivity index (χ4n) is 2.50. The number of ether oxygens (including phenoxy) is 2. The predicted octanol–water partition coefficient (Wildman–Crippen LogP) is -0.146. The van der Waals surface area contributed by atoms with Crippen LogP contribution in [0.1, 0.15) is 6.92 Å². The molecule has 76 valence electrons. The number of hydrogen-bond donors (Lipinski definition) is 0. The Morgan fingerprint density at radius 3 is 2.93 bits per heavy atom. The Labute approximate surface area is 79.4 Å². The van der Waals surface area contributed by atoms with E-state index in [1.165, 1.54) is 0 Å². The highest BCUT2D eigenvalue weighted by atomic mass is 19.1. The maximum Gasteiger partial charge on any atom is 0.345 e. The normalized spacial score (nSPS) is 52.3. The van der Waals surface area contributed by atoms with Gasteiger partial charge in [-0.05, 0) is 6.92 Å². The SMILES string of the molecule is CCOC(=O)[C@@]1(F)[C@@H]2[C@H]3O[C@H]3C(=O)[C@@H]21. The zero-order valence-corrected chi connectivity index (χ0v) is 7.53. The van der Waals surface area contributed by atoms with Crippen molar-refractivity contribution in [3.63, 3.8) is 0 Å². The molecule has 1 heterocycles. The molecule has 3 rings (SSSR count). The van der Waals surface area contributed by atoms with Gasteiger partial charge in [0.1, 0.15) is 6.10 Å². The van der Waals surface area contributed by atoms with Gasteiger partial charge in [0.2, 0.25) is 5.67 Å². The second-order valence-corrected chi connectivity index (χ2v) is 3.92. The van der Waals surface area contributed by atoms with Crippen molar-refractivity contribution >= 4 is 11.8 Å². The maximum absolute atomic E-state index is 13.9. The Hall–Kier alpha value is -0.970. The molecule has 3 aliphatic rings. The summed E-state index contributed by atoms with van der Waals surface area (Å²) in [5.74, 6) is -2.53. The largest absolute Gasteiger partial charge is 0.464 e. The summed E-state index contributed by atoms with van der Waals surface area (Å²) in [6, 6.07) is 0. The molecule has 14 heavy (non-hydrogen) atoms. The first-order valence-electron chi connectivity index (χ1n) is 4.67. The molecule has 0 aromatic heterocycles. The van der Waals surface area contributed by atoms with Crippen LogP contribution in [0, 0.1) is 11.8 Å². The topological polar surface area (TPSA) is 55.9 Å². The van der Waals surface area contributed by atoms with Crippen LogP contribution in [-0.2, 0) is 19.1 Å². The summed E-state index contributed by atoms with van der Waals surface area (Å²) in [6.45, 7) is 1.74. The second-order valence-electron chi connectivity index (χ2n) is 3.92. The van der Waals surface area contributed by atoms with E-state index in [-0.39, 0.29) is 18.5 Å². The zero-order valence-electron chi connectivity index (χ0n) is 7.53. The van der Waals surface area contributed by atoms with Gasteiger partial charge in [-0.2, -0.15) is 0 Å². The van der Waals surface area contributed by atoms with Crippen LogP contribution in [0.15, 0.2) is 0 Å². The number of fused-ring (bicyclic) bond motifs is 3. The zero-order chi connectivity index (χ0) is 10.1. The van der Waals surface area contributed by atoms with Crippen LogP contribution in [0.2, 0.25) is 0 Å². The number of halogens is 1. The van der Waals surface area contributed by atoms with E-state index in [1.54, 1.807) is 6.92 Å². The monoisotopic (exact) mass is 200 g/mol. The summed E-state index contributed by atoms with van der Waals surface area (Å²) in [7, 11) is 0. The Morgan fingerprint density at radius 2 is 2.43 bits per heavy atom. The Balaban J connectivity index is 1.82.